The smallest absolute Gasteiger partial charge is 0.338 e. The van der Waals surface area contributed by atoms with Crippen molar-refractivity contribution in [2.45, 2.75) is 78.6 Å². The number of unbranched alkanes of at least 4 members (excludes halogenated alkanes) is 1. The van der Waals surface area contributed by atoms with Gasteiger partial charge in [-0.25, -0.2) is 9.59 Å². The third-order valence-corrected chi connectivity index (χ3v) is 11.5. The molecule has 0 spiro atoms. The normalized spacial score (nSPS) is 34.9. The van der Waals surface area contributed by atoms with Crippen LogP contribution in [-0.2, 0) is 33.4 Å². The summed E-state index contributed by atoms with van der Waals surface area (Å²) in [7, 11) is 0. The van der Waals surface area contributed by atoms with Gasteiger partial charge >= 0.3 is 29.8 Å². The van der Waals surface area contributed by atoms with Crippen molar-refractivity contribution in [3.63, 3.8) is 0 Å². The Morgan fingerprint density at radius 3 is 1.65 bits per heavy atom. The van der Waals surface area contributed by atoms with Gasteiger partial charge in [0.15, 0.2) is 0 Å². The molecule has 0 aromatic carbocycles. The molecule has 7 rings (SSSR count). The molecule has 6 aliphatic carbocycles. The summed E-state index contributed by atoms with van der Waals surface area (Å²) in [4.78, 5) is 57.0. The van der Waals surface area contributed by atoms with E-state index in [1.165, 1.54) is 0 Å². The molecule has 3 fully saturated rings. The molecule has 0 amide bonds. The number of aliphatic carboxylic acids is 1. The number of carbonyl (C=O) groups excluding carboxylic acids is 4. The molecule has 1 heterocycles. The Kier molecular flexibility index (Phi) is 12.6. The van der Waals surface area contributed by atoms with E-state index in [4.69, 9.17) is 20.1 Å². The number of rotatable bonds is 8. The van der Waals surface area contributed by atoms with E-state index in [-0.39, 0.29) is 49.0 Å². The van der Waals surface area contributed by atoms with Crippen molar-refractivity contribution in [2.24, 2.45) is 57.7 Å². The quantitative estimate of drug-likeness (QED) is 0.124. The van der Waals surface area contributed by atoms with Crippen LogP contribution in [0.2, 0.25) is 0 Å². The monoisotopic (exact) mass is 684 g/mol. The van der Waals surface area contributed by atoms with E-state index in [0.717, 1.165) is 57.1 Å². The third kappa shape index (κ3) is 8.32. The number of carbonyl (C=O) groups is 5. The molecule has 7 aliphatic rings. The molecular weight excluding hydrogens is 632 g/mol. The van der Waals surface area contributed by atoms with E-state index in [1.54, 1.807) is 0 Å². The van der Waals surface area contributed by atoms with Gasteiger partial charge in [0, 0.05) is 32.0 Å². The zero-order valence-corrected chi connectivity index (χ0v) is 28.8. The van der Waals surface area contributed by atoms with Gasteiger partial charge in [0.25, 0.3) is 0 Å². The molecule has 49 heavy (non-hydrogen) atoms. The Balaban J connectivity index is 0.000000190. The van der Waals surface area contributed by atoms with Gasteiger partial charge in [-0.15, -0.1) is 0 Å². The highest BCUT2D eigenvalue weighted by molar-refractivity contribution is 6.04. The van der Waals surface area contributed by atoms with E-state index >= 15 is 0 Å². The van der Waals surface area contributed by atoms with Gasteiger partial charge in [-0.3, -0.25) is 14.4 Å². The van der Waals surface area contributed by atoms with E-state index in [0.29, 0.717) is 36.5 Å². The minimum absolute atomic E-state index is 0.0573. The highest BCUT2D eigenvalue weighted by atomic mass is 16.6. The molecule has 3 saturated carbocycles. The molecule has 11 nitrogen and oxygen atoms in total. The second-order valence-corrected chi connectivity index (χ2v) is 15.4. The van der Waals surface area contributed by atoms with Crippen LogP contribution in [-0.4, -0.2) is 70.1 Å². The molecule has 0 saturated heterocycles. The summed E-state index contributed by atoms with van der Waals surface area (Å²) in [5.74, 6) is -0.656. The zero-order chi connectivity index (χ0) is 36.0. The largest absolute Gasteiger partial charge is 0.481 e. The van der Waals surface area contributed by atoms with Crippen LogP contribution >= 0.6 is 0 Å². The van der Waals surface area contributed by atoms with Crippen LogP contribution in [0.5, 0.6) is 0 Å². The van der Waals surface area contributed by atoms with Crippen LogP contribution in [0.4, 0.5) is 0 Å². The van der Waals surface area contributed by atoms with Crippen molar-refractivity contribution < 1.29 is 53.9 Å². The number of allylic oxidation sites excluding steroid dienone is 6. The third-order valence-electron chi connectivity index (χ3n) is 11.5. The van der Waals surface area contributed by atoms with Crippen molar-refractivity contribution in [1.82, 2.24) is 0 Å². The summed E-state index contributed by atoms with van der Waals surface area (Å²) in [6.07, 6.45) is 22.1. The zero-order valence-electron chi connectivity index (χ0n) is 28.8. The molecule has 9 atom stereocenters. The van der Waals surface area contributed by atoms with Crippen LogP contribution in [0.15, 0.2) is 48.6 Å². The van der Waals surface area contributed by atoms with Crippen molar-refractivity contribution in [2.75, 3.05) is 19.8 Å². The Labute approximate surface area is 288 Å². The van der Waals surface area contributed by atoms with Crippen molar-refractivity contribution in [3.05, 3.63) is 48.6 Å². The average Bonchev–Trinajstić information content (AvgIpc) is 3.91. The summed E-state index contributed by atoms with van der Waals surface area (Å²) in [6, 6.07) is 0. The van der Waals surface area contributed by atoms with Crippen molar-refractivity contribution >= 4 is 29.8 Å². The molecule has 6 bridgehead atoms. The molecule has 0 radical (unpaired) electrons. The van der Waals surface area contributed by atoms with E-state index in [2.05, 4.69) is 62.0 Å². The topological polar surface area (TPSA) is 185 Å². The lowest BCUT2D eigenvalue weighted by Gasteiger charge is -2.44. The Morgan fingerprint density at radius 1 is 0.755 bits per heavy atom. The predicted molar refractivity (Wildman–Crippen MR) is 178 cm³/mol. The first-order valence-corrected chi connectivity index (χ1v) is 17.5. The fourth-order valence-corrected chi connectivity index (χ4v) is 8.91. The van der Waals surface area contributed by atoms with Gasteiger partial charge in [-0.1, -0.05) is 57.2 Å². The fourth-order valence-electron chi connectivity index (χ4n) is 8.91. The fraction of sp³-hybridized carbons (Fsp3) is 0.658. The van der Waals surface area contributed by atoms with Gasteiger partial charge in [-0.05, 0) is 98.7 Å². The number of cyclic esters (lactones) is 2. The molecule has 11 heteroatoms. The van der Waals surface area contributed by atoms with Gasteiger partial charge < -0.3 is 29.9 Å². The second-order valence-electron chi connectivity index (χ2n) is 15.4. The van der Waals surface area contributed by atoms with Crippen molar-refractivity contribution in [1.29, 1.82) is 0 Å². The maximum atomic E-state index is 13.4. The number of carboxylic acid groups (broad SMARTS) is 1. The molecule has 270 valence electrons. The summed E-state index contributed by atoms with van der Waals surface area (Å²) < 4.78 is 9.62. The van der Waals surface area contributed by atoms with Crippen molar-refractivity contribution in [3.8, 4) is 0 Å². The summed E-state index contributed by atoms with van der Waals surface area (Å²) in [5, 5.41) is 34.4. The van der Waals surface area contributed by atoms with E-state index in [9.17, 15) is 29.1 Å². The standard InChI is InChI=1S/C22H30O4.C8H10O2.C4H2O3.C4H10O2/c1-20(2,3)22(13-15-5-7-17(22)11-15)19(25)26-18(24)21(8-9-23)12-14-4-6-16(21)10-14;9-8(10)7-4-5-1-2-6(7)3-5;5-3-1-2-4(6)7-3;5-3-1-2-4-6/h4-7,14-17,23H,8-13H2,1-3H3;1-2,5-7H,3-4H2,(H,9,10);1-2H;5-6H,1-4H2. The maximum absolute atomic E-state index is 13.4. The lowest BCUT2D eigenvalue weighted by molar-refractivity contribution is -0.182. The van der Waals surface area contributed by atoms with Gasteiger partial charge in [0.1, 0.15) is 0 Å². The predicted octanol–water partition coefficient (Wildman–Crippen LogP) is 4.31. The van der Waals surface area contributed by atoms with E-state index in [1.807, 2.05) is 0 Å². The lowest BCUT2D eigenvalue weighted by atomic mass is 9.59. The van der Waals surface area contributed by atoms with Gasteiger partial charge in [-0.2, -0.15) is 0 Å². The van der Waals surface area contributed by atoms with Gasteiger partial charge in [0.05, 0.1) is 16.7 Å². The maximum Gasteiger partial charge on any atom is 0.338 e. The number of esters is 4. The minimum Gasteiger partial charge on any atom is -0.481 e. The summed E-state index contributed by atoms with van der Waals surface area (Å²) in [5.41, 5.74) is -1.63. The SMILES string of the molecule is CC(C)(C)C1(C(=O)OC(=O)C2(CCO)CC3C=CC2C3)CC2C=CC1C2.O=C(O)C1CC2C=CC1C2.O=C1C=CC(=O)O1.OCCCCO. The van der Waals surface area contributed by atoms with Crippen LogP contribution in [0.3, 0.4) is 0 Å². The lowest BCUT2D eigenvalue weighted by Crippen LogP contribution is -2.49. The number of aliphatic hydroxyl groups is 3. The number of fused-ring (bicyclic) bond motifs is 6. The molecule has 0 aromatic rings. The molecule has 0 aromatic heterocycles. The number of carboxylic acids is 1. The summed E-state index contributed by atoms with van der Waals surface area (Å²) >= 11 is 0. The van der Waals surface area contributed by atoms with Crippen LogP contribution in [0, 0.1) is 57.7 Å². The average molecular weight is 685 g/mol. The first-order valence-electron chi connectivity index (χ1n) is 17.5. The molecule has 1 aliphatic heterocycles. The minimum atomic E-state index is -0.726. The second kappa shape index (κ2) is 16.1. The molecular formula is C38H52O11. The van der Waals surface area contributed by atoms with Gasteiger partial charge in [0.2, 0.25) is 0 Å². The Bertz CT molecular complexity index is 1350. The van der Waals surface area contributed by atoms with Crippen LogP contribution < -0.4 is 0 Å². The summed E-state index contributed by atoms with van der Waals surface area (Å²) in [6.45, 7) is 6.57. The number of ether oxygens (including phenoxy) is 2. The Morgan fingerprint density at radius 2 is 1.33 bits per heavy atom. The van der Waals surface area contributed by atoms with Crippen LogP contribution in [0.25, 0.3) is 0 Å². The number of hydrogen-bond donors (Lipinski definition) is 4. The Hall–Kier alpha value is -3.41. The van der Waals surface area contributed by atoms with E-state index < -0.39 is 34.7 Å². The number of hydrogen-bond acceptors (Lipinski definition) is 10. The number of aliphatic hydroxyl groups excluding tert-OH is 3. The van der Waals surface area contributed by atoms with Crippen LogP contribution in [0.1, 0.15) is 78.6 Å². The highest BCUT2D eigenvalue weighted by Gasteiger charge is 2.62. The first-order chi connectivity index (χ1) is 23.2. The molecule has 9 unspecified atom stereocenters. The first kappa shape index (κ1) is 38.4. The highest BCUT2D eigenvalue weighted by Crippen LogP contribution is 2.62. The molecule has 4 N–H and O–H groups in total.